The SMILES string of the molecule is C=C(C)C(=O)OC1(/C=C/C2C3CC4CC(C3)C(OC(=O)C(=C)C)(C(C)CC)C2C4)C2CC3CC(C2)CC1C3. The van der Waals surface area contributed by atoms with E-state index in [0.29, 0.717) is 52.6 Å². The Morgan fingerprint density at radius 1 is 0.816 bits per heavy atom. The zero-order chi connectivity index (χ0) is 27.0. The summed E-state index contributed by atoms with van der Waals surface area (Å²) in [4.78, 5) is 26.1. The molecular weight excluding hydrogens is 472 g/mol. The van der Waals surface area contributed by atoms with Crippen LogP contribution in [-0.4, -0.2) is 23.1 Å². The molecule has 0 heterocycles. The molecule has 4 heteroatoms. The van der Waals surface area contributed by atoms with Crippen molar-refractivity contribution in [2.45, 2.75) is 103 Å². The van der Waals surface area contributed by atoms with E-state index in [-0.39, 0.29) is 11.9 Å². The number of allylic oxidation sites excluding steroid dienone is 1. The third-order valence-electron chi connectivity index (χ3n) is 12.3. The van der Waals surface area contributed by atoms with Gasteiger partial charge in [-0.25, -0.2) is 9.59 Å². The molecule has 0 amide bonds. The molecule has 0 aromatic heterocycles. The van der Waals surface area contributed by atoms with Gasteiger partial charge < -0.3 is 9.47 Å². The third kappa shape index (κ3) is 3.90. The van der Waals surface area contributed by atoms with E-state index in [0.717, 1.165) is 37.0 Å². The molecule has 0 aliphatic heterocycles. The van der Waals surface area contributed by atoms with E-state index in [9.17, 15) is 9.59 Å². The topological polar surface area (TPSA) is 52.6 Å². The fourth-order valence-electron chi connectivity index (χ4n) is 10.8. The lowest BCUT2D eigenvalue weighted by molar-refractivity contribution is -0.235. The molecule has 0 N–H and O–H groups in total. The fourth-order valence-corrected chi connectivity index (χ4v) is 10.8. The molecule has 8 saturated carbocycles. The van der Waals surface area contributed by atoms with Crippen molar-refractivity contribution in [1.29, 1.82) is 0 Å². The Bertz CT molecular complexity index is 1020. The molecule has 8 bridgehead atoms. The summed E-state index contributed by atoms with van der Waals surface area (Å²) in [6.07, 6.45) is 16.6. The lowest BCUT2D eigenvalue weighted by Crippen LogP contribution is -2.65. The average molecular weight is 521 g/mol. The summed E-state index contributed by atoms with van der Waals surface area (Å²) in [5.74, 6) is 4.72. The summed E-state index contributed by atoms with van der Waals surface area (Å²) in [5, 5.41) is 0. The van der Waals surface area contributed by atoms with Gasteiger partial charge in [0.1, 0.15) is 11.2 Å². The van der Waals surface area contributed by atoms with Gasteiger partial charge in [0, 0.05) is 28.9 Å². The number of hydrogen-bond acceptors (Lipinski definition) is 4. The van der Waals surface area contributed by atoms with Crippen LogP contribution in [0.1, 0.15) is 91.9 Å². The maximum atomic E-state index is 13.1. The van der Waals surface area contributed by atoms with E-state index in [1.54, 1.807) is 13.8 Å². The first-order valence-corrected chi connectivity index (χ1v) is 15.5. The van der Waals surface area contributed by atoms with E-state index >= 15 is 0 Å². The van der Waals surface area contributed by atoms with Crippen LogP contribution >= 0.6 is 0 Å². The van der Waals surface area contributed by atoms with Crippen molar-refractivity contribution >= 4 is 11.9 Å². The second kappa shape index (κ2) is 9.37. The van der Waals surface area contributed by atoms with Crippen molar-refractivity contribution in [2.24, 2.45) is 59.2 Å². The lowest BCUT2D eigenvalue weighted by atomic mass is 9.43. The maximum absolute atomic E-state index is 13.1. The van der Waals surface area contributed by atoms with Crippen molar-refractivity contribution < 1.29 is 19.1 Å². The molecule has 208 valence electrons. The van der Waals surface area contributed by atoms with Gasteiger partial charge in [0.15, 0.2) is 0 Å². The molecule has 8 aliphatic rings. The Kier molecular flexibility index (Phi) is 6.51. The average Bonchev–Trinajstić information content (AvgIpc) is 2.87. The second-order valence-corrected chi connectivity index (χ2v) is 14.5. The molecule has 7 unspecified atom stereocenters. The Morgan fingerprint density at radius 3 is 1.95 bits per heavy atom. The predicted molar refractivity (Wildman–Crippen MR) is 149 cm³/mol. The van der Waals surface area contributed by atoms with Crippen LogP contribution in [0.3, 0.4) is 0 Å². The van der Waals surface area contributed by atoms with Gasteiger partial charge in [0.25, 0.3) is 0 Å². The first-order valence-electron chi connectivity index (χ1n) is 15.5. The molecule has 8 aliphatic carbocycles. The Balaban J connectivity index is 1.37. The van der Waals surface area contributed by atoms with Crippen molar-refractivity contribution in [3.63, 3.8) is 0 Å². The number of carbonyl (C=O) groups excluding carboxylic acids is 2. The van der Waals surface area contributed by atoms with Crippen LogP contribution < -0.4 is 0 Å². The van der Waals surface area contributed by atoms with Gasteiger partial charge >= 0.3 is 11.9 Å². The van der Waals surface area contributed by atoms with Crippen molar-refractivity contribution in [1.82, 2.24) is 0 Å². The Morgan fingerprint density at radius 2 is 1.37 bits per heavy atom. The smallest absolute Gasteiger partial charge is 0.333 e. The summed E-state index contributed by atoms with van der Waals surface area (Å²) < 4.78 is 13.1. The highest BCUT2D eigenvalue weighted by Crippen LogP contribution is 2.66. The molecule has 4 nitrogen and oxygen atoms in total. The second-order valence-electron chi connectivity index (χ2n) is 14.5. The van der Waals surface area contributed by atoms with E-state index in [2.05, 4.69) is 39.2 Å². The number of esters is 2. The molecule has 0 radical (unpaired) electrons. The Hall–Kier alpha value is -1.84. The highest BCUT2D eigenvalue weighted by atomic mass is 16.6. The van der Waals surface area contributed by atoms with Crippen LogP contribution in [0.25, 0.3) is 0 Å². The summed E-state index contributed by atoms with van der Waals surface area (Å²) in [7, 11) is 0. The van der Waals surface area contributed by atoms with Crippen LogP contribution in [0.15, 0.2) is 36.5 Å². The van der Waals surface area contributed by atoms with Gasteiger partial charge in [0.2, 0.25) is 0 Å². The minimum absolute atomic E-state index is 0.228. The number of hydrogen-bond donors (Lipinski definition) is 0. The monoisotopic (exact) mass is 520 g/mol. The minimum atomic E-state index is -0.508. The summed E-state index contributed by atoms with van der Waals surface area (Å²) in [6, 6.07) is 0. The van der Waals surface area contributed by atoms with Gasteiger partial charge in [-0.2, -0.15) is 0 Å². The molecule has 0 saturated heterocycles. The van der Waals surface area contributed by atoms with E-state index in [1.807, 2.05) is 0 Å². The minimum Gasteiger partial charge on any atom is -0.455 e. The van der Waals surface area contributed by atoms with E-state index < -0.39 is 11.2 Å². The van der Waals surface area contributed by atoms with Gasteiger partial charge in [0.05, 0.1) is 0 Å². The highest BCUT2D eigenvalue weighted by molar-refractivity contribution is 5.88. The molecular formula is C34H48O4. The van der Waals surface area contributed by atoms with Gasteiger partial charge in [-0.05, 0) is 126 Å². The molecule has 0 spiro atoms. The molecule has 0 aromatic carbocycles. The quantitative estimate of drug-likeness (QED) is 0.190. The Labute approximate surface area is 229 Å². The predicted octanol–water partition coefficient (Wildman–Crippen LogP) is 7.44. The fraction of sp³-hybridized carbons (Fsp3) is 0.765. The van der Waals surface area contributed by atoms with Gasteiger partial charge in [-0.1, -0.05) is 33.1 Å². The van der Waals surface area contributed by atoms with E-state index in [4.69, 9.17) is 9.47 Å². The van der Waals surface area contributed by atoms with Crippen LogP contribution in [0.2, 0.25) is 0 Å². The summed E-state index contributed by atoms with van der Waals surface area (Å²) in [5.41, 5.74) is 0.0428. The van der Waals surface area contributed by atoms with Crippen LogP contribution in [0, 0.1) is 59.2 Å². The molecule has 7 atom stereocenters. The first kappa shape index (κ1) is 26.4. The molecule has 0 aromatic rings. The molecule has 8 rings (SSSR count). The normalized spacial score (nSPS) is 46.8. The van der Waals surface area contributed by atoms with Crippen molar-refractivity contribution in [3.05, 3.63) is 36.5 Å². The molecule has 8 fully saturated rings. The van der Waals surface area contributed by atoms with Crippen LogP contribution in [0.4, 0.5) is 0 Å². The maximum Gasteiger partial charge on any atom is 0.333 e. The number of carbonyl (C=O) groups is 2. The highest BCUT2D eigenvalue weighted by Gasteiger charge is 2.65. The molecule has 38 heavy (non-hydrogen) atoms. The standard InChI is InChI=1S/C34H48O4/c1-7-21(6)34(38-32(36)20(4)5)28-16-24-11-25(18-28)29(30(34)17-24)8-9-33(37-31(35)19(2)3)26-12-22-10-23(14-26)15-27(33)13-22/h8-9,21-30H,2,4,7,10-18H2,1,3,5-6H3/b9-8+. The zero-order valence-electron chi connectivity index (χ0n) is 24.0. The summed E-state index contributed by atoms with van der Waals surface area (Å²) in [6.45, 7) is 15.9. The summed E-state index contributed by atoms with van der Waals surface area (Å²) >= 11 is 0. The van der Waals surface area contributed by atoms with Gasteiger partial charge in [-0.3, -0.25) is 0 Å². The van der Waals surface area contributed by atoms with Gasteiger partial charge in [-0.15, -0.1) is 0 Å². The largest absolute Gasteiger partial charge is 0.455 e. The van der Waals surface area contributed by atoms with Crippen molar-refractivity contribution in [2.75, 3.05) is 0 Å². The van der Waals surface area contributed by atoms with Crippen molar-refractivity contribution in [3.8, 4) is 0 Å². The van der Waals surface area contributed by atoms with Crippen LogP contribution in [0.5, 0.6) is 0 Å². The number of rotatable bonds is 8. The number of ether oxygens (including phenoxy) is 2. The third-order valence-corrected chi connectivity index (χ3v) is 12.3. The van der Waals surface area contributed by atoms with Crippen LogP contribution in [-0.2, 0) is 19.1 Å². The lowest BCUT2D eigenvalue weighted by Gasteiger charge is -2.65. The van der Waals surface area contributed by atoms with E-state index in [1.165, 1.54) is 44.9 Å². The zero-order valence-corrected chi connectivity index (χ0v) is 24.0. The first-order chi connectivity index (χ1) is 18.1.